The summed E-state index contributed by atoms with van der Waals surface area (Å²) in [6.45, 7) is 4.46. The van der Waals surface area contributed by atoms with Crippen LogP contribution in [0.25, 0.3) is 6.08 Å². The Balaban J connectivity index is 2.75. The maximum atomic E-state index is 8.58. The van der Waals surface area contributed by atoms with E-state index in [4.69, 9.17) is 5.11 Å². The minimum atomic E-state index is 0.103. The third-order valence-electron chi connectivity index (χ3n) is 2.02. The van der Waals surface area contributed by atoms with Gasteiger partial charge in [0.15, 0.2) is 0 Å². The molecule has 0 aromatic heterocycles. The molecule has 0 fully saturated rings. The fourth-order valence-corrected chi connectivity index (χ4v) is 1.18. The molecule has 0 atom stereocenters. The van der Waals surface area contributed by atoms with E-state index in [0.29, 0.717) is 5.92 Å². The molecule has 0 aliphatic carbocycles. The Labute approximate surface area is 79.7 Å². The van der Waals surface area contributed by atoms with Crippen molar-refractivity contribution in [2.45, 2.75) is 19.8 Å². The minimum absolute atomic E-state index is 0.103. The van der Waals surface area contributed by atoms with Crippen molar-refractivity contribution < 1.29 is 5.11 Å². The molecule has 0 aliphatic heterocycles. The lowest BCUT2D eigenvalue weighted by atomic mass is 10.0. The molecular formula is C12H16O. The number of aliphatic hydroxyl groups excluding tert-OH is 1. The molecule has 0 saturated carbocycles. The third kappa shape index (κ3) is 3.03. The van der Waals surface area contributed by atoms with Crippen LogP contribution < -0.4 is 0 Å². The Kier molecular flexibility index (Phi) is 3.71. The summed E-state index contributed by atoms with van der Waals surface area (Å²) in [5.74, 6) is 0.580. The first-order chi connectivity index (χ1) is 6.24. The van der Waals surface area contributed by atoms with Gasteiger partial charge in [-0.25, -0.2) is 0 Å². The highest BCUT2D eigenvalue weighted by Gasteiger charge is 1.96. The Bertz CT molecular complexity index is 270. The van der Waals surface area contributed by atoms with Crippen molar-refractivity contribution >= 4 is 6.08 Å². The monoisotopic (exact) mass is 176 g/mol. The van der Waals surface area contributed by atoms with Gasteiger partial charge < -0.3 is 5.11 Å². The minimum Gasteiger partial charge on any atom is -0.392 e. The molecule has 0 saturated heterocycles. The summed E-state index contributed by atoms with van der Waals surface area (Å²) in [4.78, 5) is 0. The van der Waals surface area contributed by atoms with Gasteiger partial charge in [-0.2, -0.15) is 0 Å². The van der Waals surface area contributed by atoms with E-state index in [1.165, 1.54) is 5.56 Å². The first-order valence-electron chi connectivity index (χ1n) is 4.61. The number of benzene rings is 1. The second-order valence-corrected chi connectivity index (χ2v) is 3.41. The molecule has 1 rings (SSSR count). The van der Waals surface area contributed by atoms with E-state index in [1.807, 2.05) is 6.08 Å². The molecule has 1 aromatic carbocycles. The standard InChI is InChI=1S/C12H16O/c1-10(2)12-7-5-11(6-8-12)4-3-9-13/h3-8,10,13H,9H2,1-2H3. The van der Waals surface area contributed by atoms with Crippen LogP contribution in [0.3, 0.4) is 0 Å². The topological polar surface area (TPSA) is 20.2 Å². The predicted molar refractivity (Wildman–Crippen MR) is 56.7 cm³/mol. The first kappa shape index (κ1) is 10.0. The zero-order valence-corrected chi connectivity index (χ0v) is 8.20. The Morgan fingerprint density at radius 2 is 1.85 bits per heavy atom. The lowest BCUT2D eigenvalue weighted by molar-refractivity contribution is 0.343. The third-order valence-corrected chi connectivity index (χ3v) is 2.02. The number of rotatable bonds is 3. The van der Waals surface area contributed by atoms with Crippen LogP contribution in [0.4, 0.5) is 0 Å². The predicted octanol–water partition coefficient (Wildman–Crippen LogP) is 2.82. The van der Waals surface area contributed by atoms with Gasteiger partial charge in [0, 0.05) is 0 Å². The highest BCUT2D eigenvalue weighted by molar-refractivity contribution is 5.49. The van der Waals surface area contributed by atoms with Gasteiger partial charge in [-0.3, -0.25) is 0 Å². The highest BCUT2D eigenvalue weighted by atomic mass is 16.2. The number of hydrogen-bond donors (Lipinski definition) is 1. The van der Waals surface area contributed by atoms with Gasteiger partial charge >= 0.3 is 0 Å². The van der Waals surface area contributed by atoms with Crippen LogP contribution in [-0.4, -0.2) is 11.7 Å². The van der Waals surface area contributed by atoms with Crippen LogP contribution in [0.1, 0.15) is 30.9 Å². The molecule has 0 radical (unpaired) electrons. The average molecular weight is 176 g/mol. The van der Waals surface area contributed by atoms with Gasteiger partial charge in [0.1, 0.15) is 0 Å². The van der Waals surface area contributed by atoms with Gasteiger partial charge in [0.2, 0.25) is 0 Å². The largest absolute Gasteiger partial charge is 0.392 e. The molecular weight excluding hydrogens is 160 g/mol. The van der Waals surface area contributed by atoms with E-state index in [0.717, 1.165) is 5.56 Å². The number of aliphatic hydroxyl groups is 1. The average Bonchev–Trinajstić information content (AvgIpc) is 2.15. The summed E-state index contributed by atoms with van der Waals surface area (Å²) in [5, 5.41) is 8.58. The fourth-order valence-electron chi connectivity index (χ4n) is 1.18. The van der Waals surface area contributed by atoms with Crippen molar-refractivity contribution in [1.82, 2.24) is 0 Å². The van der Waals surface area contributed by atoms with Gasteiger partial charge in [-0.15, -0.1) is 0 Å². The summed E-state index contributed by atoms with van der Waals surface area (Å²) in [6.07, 6.45) is 3.66. The van der Waals surface area contributed by atoms with E-state index in [1.54, 1.807) is 6.08 Å². The van der Waals surface area contributed by atoms with E-state index in [9.17, 15) is 0 Å². The van der Waals surface area contributed by atoms with Crippen molar-refractivity contribution in [3.05, 3.63) is 41.5 Å². The summed E-state index contributed by atoms with van der Waals surface area (Å²) in [7, 11) is 0. The Morgan fingerprint density at radius 1 is 1.23 bits per heavy atom. The summed E-state index contributed by atoms with van der Waals surface area (Å²) in [6, 6.07) is 8.40. The fraction of sp³-hybridized carbons (Fsp3) is 0.333. The molecule has 13 heavy (non-hydrogen) atoms. The molecule has 0 amide bonds. The smallest absolute Gasteiger partial charge is 0.0615 e. The van der Waals surface area contributed by atoms with Crippen molar-refractivity contribution in [1.29, 1.82) is 0 Å². The van der Waals surface area contributed by atoms with Crippen LogP contribution >= 0.6 is 0 Å². The lowest BCUT2D eigenvalue weighted by Gasteiger charge is -2.04. The maximum Gasteiger partial charge on any atom is 0.0615 e. The molecule has 0 unspecified atom stereocenters. The van der Waals surface area contributed by atoms with E-state index in [2.05, 4.69) is 38.1 Å². The first-order valence-corrected chi connectivity index (χ1v) is 4.61. The van der Waals surface area contributed by atoms with Gasteiger partial charge in [-0.1, -0.05) is 50.3 Å². The zero-order chi connectivity index (χ0) is 9.68. The normalized spacial score (nSPS) is 11.4. The van der Waals surface area contributed by atoms with Crippen molar-refractivity contribution in [3.8, 4) is 0 Å². The molecule has 70 valence electrons. The summed E-state index contributed by atoms with van der Waals surface area (Å²) in [5.41, 5.74) is 2.49. The van der Waals surface area contributed by atoms with Crippen LogP contribution in [0.2, 0.25) is 0 Å². The van der Waals surface area contributed by atoms with E-state index >= 15 is 0 Å². The lowest BCUT2D eigenvalue weighted by Crippen LogP contribution is -1.86. The van der Waals surface area contributed by atoms with Gasteiger partial charge in [0.05, 0.1) is 6.61 Å². The molecule has 0 spiro atoms. The van der Waals surface area contributed by atoms with Crippen LogP contribution in [-0.2, 0) is 0 Å². The maximum absolute atomic E-state index is 8.58. The quantitative estimate of drug-likeness (QED) is 0.750. The van der Waals surface area contributed by atoms with Crippen LogP contribution in [0, 0.1) is 0 Å². The van der Waals surface area contributed by atoms with E-state index in [-0.39, 0.29) is 6.61 Å². The molecule has 1 nitrogen and oxygen atoms in total. The van der Waals surface area contributed by atoms with Gasteiger partial charge in [0.25, 0.3) is 0 Å². The molecule has 0 bridgehead atoms. The van der Waals surface area contributed by atoms with Crippen molar-refractivity contribution in [2.75, 3.05) is 6.61 Å². The Morgan fingerprint density at radius 3 is 2.31 bits per heavy atom. The second kappa shape index (κ2) is 4.83. The molecule has 1 aromatic rings. The molecule has 1 N–H and O–H groups in total. The molecule has 0 heterocycles. The Hall–Kier alpha value is -1.08. The number of hydrogen-bond acceptors (Lipinski definition) is 1. The van der Waals surface area contributed by atoms with Crippen LogP contribution in [0.15, 0.2) is 30.3 Å². The zero-order valence-electron chi connectivity index (χ0n) is 8.20. The molecule has 1 heteroatoms. The van der Waals surface area contributed by atoms with Crippen molar-refractivity contribution in [3.63, 3.8) is 0 Å². The summed E-state index contributed by atoms with van der Waals surface area (Å²) < 4.78 is 0. The molecule has 0 aliphatic rings. The van der Waals surface area contributed by atoms with Gasteiger partial charge in [-0.05, 0) is 17.0 Å². The van der Waals surface area contributed by atoms with Crippen molar-refractivity contribution in [2.24, 2.45) is 0 Å². The summed E-state index contributed by atoms with van der Waals surface area (Å²) >= 11 is 0. The SMILES string of the molecule is CC(C)c1ccc(C=CCO)cc1. The second-order valence-electron chi connectivity index (χ2n) is 3.41. The van der Waals surface area contributed by atoms with Crippen LogP contribution in [0.5, 0.6) is 0 Å². The van der Waals surface area contributed by atoms with E-state index < -0.39 is 0 Å². The highest BCUT2D eigenvalue weighted by Crippen LogP contribution is 2.15.